The lowest BCUT2D eigenvalue weighted by Gasteiger charge is -2.10. The van der Waals surface area contributed by atoms with E-state index < -0.39 is 5.97 Å². The molecule has 4 nitrogen and oxygen atoms in total. The number of nitrogens with two attached hydrogens (primary N) is 1. The zero-order chi connectivity index (χ0) is 12.8. The van der Waals surface area contributed by atoms with E-state index in [9.17, 15) is 4.79 Å². The van der Waals surface area contributed by atoms with Crippen molar-refractivity contribution in [3.05, 3.63) is 23.8 Å². The van der Waals surface area contributed by atoms with Crippen LogP contribution in [0.1, 0.15) is 37.0 Å². The van der Waals surface area contributed by atoms with Crippen LogP contribution in [-0.4, -0.2) is 17.7 Å². The van der Waals surface area contributed by atoms with E-state index in [1.165, 1.54) is 6.07 Å². The Labute approximate surface area is 101 Å². The molecule has 4 heteroatoms. The summed E-state index contributed by atoms with van der Waals surface area (Å²) >= 11 is 0. The number of carboxylic acids is 1. The van der Waals surface area contributed by atoms with Gasteiger partial charge >= 0.3 is 5.97 Å². The maximum atomic E-state index is 11.0. The van der Waals surface area contributed by atoms with Gasteiger partial charge in [0.1, 0.15) is 11.3 Å². The molecule has 0 aliphatic heterocycles. The van der Waals surface area contributed by atoms with Gasteiger partial charge in [0.2, 0.25) is 0 Å². The Bertz CT molecular complexity index is 388. The van der Waals surface area contributed by atoms with Crippen LogP contribution in [0.4, 0.5) is 5.69 Å². The molecule has 0 saturated carbocycles. The third-order valence-corrected chi connectivity index (χ3v) is 2.42. The number of ether oxygens (including phenoxy) is 1. The first kappa shape index (κ1) is 13.4. The second kappa shape index (κ2) is 6.13. The molecule has 0 aliphatic rings. The summed E-state index contributed by atoms with van der Waals surface area (Å²) in [6.07, 6.45) is 1.97. The lowest BCUT2D eigenvalue weighted by molar-refractivity contribution is 0.0692. The van der Waals surface area contributed by atoms with Crippen molar-refractivity contribution in [2.45, 2.75) is 26.7 Å². The normalized spacial score (nSPS) is 10.5. The molecule has 17 heavy (non-hydrogen) atoms. The highest BCUT2D eigenvalue weighted by Gasteiger charge is 2.11. The van der Waals surface area contributed by atoms with Crippen LogP contribution < -0.4 is 10.5 Å². The van der Waals surface area contributed by atoms with Crippen molar-refractivity contribution in [3.8, 4) is 5.75 Å². The van der Waals surface area contributed by atoms with Crippen molar-refractivity contribution < 1.29 is 14.6 Å². The third kappa shape index (κ3) is 4.34. The van der Waals surface area contributed by atoms with Crippen LogP contribution in [-0.2, 0) is 0 Å². The highest BCUT2D eigenvalue weighted by atomic mass is 16.5. The van der Waals surface area contributed by atoms with Gasteiger partial charge in [0.15, 0.2) is 0 Å². The van der Waals surface area contributed by atoms with Crippen LogP contribution in [0.5, 0.6) is 5.75 Å². The minimum Gasteiger partial charge on any atom is -0.493 e. The van der Waals surface area contributed by atoms with E-state index in [-0.39, 0.29) is 5.56 Å². The fraction of sp³-hybridized carbons (Fsp3) is 0.462. The van der Waals surface area contributed by atoms with Crippen LogP contribution in [0.15, 0.2) is 18.2 Å². The molecule has 0 heterocycles. The van der Waals surface area contributed by atoms with Crippen molar-refractivity contribution in [2.24, 2.45) is 5.92 Å². The van der Waals surface area contributed by atoms with Gasteiger partial charge in [-0.3, -0.25) is 0 Å². The summed E-state index contributed by atoms with van der Waals surface area (Å²) in [4.78, 5) is 11.0. The summed E-state index contributed by atoms with van der Waals surface area (Å²) in [5, 5.41) is 8.98. The summed E-state index contributed by atoms with van der Waals surface area (Å²) in [6.45, 7) is 4.80. The SMILES string of the molecule is CC(C)CCCOc1cc(N)ccc1C(=O)O. The van der Waals surface area contributed by atoms with Gasteiger partial charge in [-0.05, 0) is 30.9 Å². The predicted octanol–water partition coefficient (Wildman–Crippen LogP) is 2.78. The molecule has 3 N–H and O–H groups in total. The first-order valence-electron chi connectivity index (χ1n) is 5.76. The third-order valence-electron chi connectivity index (χ3n) is 2.42. The highest BCUT2D eigenvalue weighted by molar-refractivity contribution is 5.91. The quantitative estimate of drug-likeness (QED) is 0.589. The van der Waals surface area contributed by atoms with Crippen LogP contribution in [0, 0.1) is 5.92 Å². The van der Waals surface area contributed by atoms with E-state index in [1.807, 2.05) is 0 Å². The van der Waals surface area contributed by atoms with Crippen LogP contribution >= 0.6 is 0 Å². The lowest BCUT2D eigenvalue weighted by Crippen LogP contribution is -2.06. The van der Waals surface area contributed by atoms with Gasteiger partial charge in [-0.1, -0.05) is 13.8 Å². The van der Waals surface area contributed by atoms with E-state index in [1.54, 1.807) is 12.1 Å². The monoisotopic (exact) mass is 237 g/mol. The first-order chi connectivity index (χ1) is 8.00. The Morgan fingerprint density at radius 1 is 1.47 bits per heavy atom. The number of benzene rings is 1. The van der Waals surface area contributed by atoms with Crippen LogP contribution in [0.2, 0.25) is 0 Å². The average Bonchev–Trinajstić information content (AvgIpc) is 2.23. The smallest absolute Gasteiger partial charge is 0.339 e. The molecule has 1 rings (SSSR count). The summed E-state index contributed by atoms with van der Waals surface area (Å²) in [5.74, 6) is -0.0245. The average molecular weight is 237 g/mol. The maximum Gasteiger partial charge on any atom is 0.339 e. The summed E-state index contributed by atoms with van der Waals surface area (Å²) in [5.41, 5.74) is 6.27. The number of anilines is 1. The molecule has 1 aromatic rings. The van der Waals surface area contributed by atoms with Crippen LogP contribution in [0.25, 0.3) is 0 Å². The largest absolute Gasteiger partial charge is 0.493 e. The van der Waals surface area contributed by atoms with E-state index in [0.717, 1.165) is 12.8 Å². The molecule has 0 aromatic heterocycles. The van der Waals surface area contributed by atoms with E-state index in [4.69, 9.17) is 15.6 Å². The Morgan fingerprint density at radius 2 is 2.18 bits per heavy atom. The number of hydrogen-bond donors (Lipinski definition) is 2. The second-order valence-electron chi connectivity index (χ2n) is 4.45. The van der Waals surface area contributed by atoms with Crippen LogP contribution in [0.3, 0.4) is 0 Å². The van der Waals surface area contributed by atoms with Crippen molar-refractivity contribution in [1.29, 1.82) is 0 Å². The van der Waals surface area contributed by atoms with Gasteiger partial charge in [0.25, 0.3) is 0 Å². The Kier molecular flexibility index (Phi) is 4.82. The van der Waals surface area contributed by atoms with Crippen molar-refractivity contribution in [3.63, 3.8) is 0 Å². The fourth-order valence-corrected chi connectivity index (χ4v) is 1.51. The van der Waals surface area contributed by atoms with Gasteiger partial charge in [0, 0.05) is 11.8 Å². The molecule has 0 radical (unpaired) electrons. The van der Waals surface area contributed by atoms with E-state index >= 15 is 0 Å². The number of rotatable bonds is 6. The molecular weight excluding hydrogens is 218 g/mol. The molecule has 1 aromatic carbocycles. The Morgan fingerprint density at radius 3 is 2.76 bits per heavy atom. The fourth-order valence-electron chi connectivity index (χ4n) is 1.51. The molecule has 0 atom stereocenters. The molecule has 0 aliphatic carbocycles. The summed E-state index contributed by atoms with van der Waals surface area (Å²) in [7, 11) is 0. The van der Waals surface area contributed by atoms with Gasteiger partial charge in [-0.25, -0.2) is 4.79 Å². The standard InChI is InChI=1S/C13H19NO3/c1-9(2)4-3-7-17-12-8-10(14)5-6-11(12)13(15)16/h5-6,8-9H,3-4,7,14H2,1-2H3,(H,15,16). The number of aromatic carboxylic acids is 1. The molecule has 94 valence electrons. The molecule has 0 fully saturated rings. The molecule has 0 spiro atoms. The Hall–Kier alpha value is -1.71. The van der Waals surface area contributed by atoms with Gasteiger partial charge in [-0.15, -0.1) is 0 Å². The zero-order valence-electron chi connectivity index (χ0n) is 10.3. The van der Waals surface area contributed by atoms with E-state index in [2.05, 4.69) is 13.8 Å². The summed E-state index contributed by atoms with van der Waals surface area (Å²) < 4.78 is 5.47. The number of carboxylic acid groups (broad SMARTS) is 1. The van der Waals surface area contributed by atoms with Crippen molar-refractivity contribution in [2.75, 3.05) is 12.3 Å². The van der Waals surface area contributed by atoms with Crippen molar-refractivity contribution >= 4 is 11.7 Å². The minimum atomic E-state index is -0.996. The van der Waals surface area contributed by atoms with E-state index in [0.29, 0.717) is 24.0 Å². The molecular formula is C13H19NO3. The molecule has 0 unspecified atom stereocenters. The summed E-state index contributed by atoms with van der Waals surface area (Å²) in [6, 6.07) is 4.58. The van der Waals surface area contributed by atoms with Gasteiger partial charge < -0.3 is 15.6 Å². The lowest BCUT2D eigenvalue weighted by atomic mass is 10.1. The maximum absolute atomic E-state index is 11.0. The molecule has 0 saturated heterocycles. The zero-order valence-corrected chi connectivity index (χ0v) is 10.3. The minimum absolute atomic E-state index is 0.156. The predicted molar refractivity (Wildman–Crippen MR) is 67.4 cm³/mol. The second-order valence-corrected chi connectivity index (χ2v) is 4.45. The Balaban J connectivity index is 2.62. The van der Waals surface area contributed by atoms with Crippen molar-refractivity contribution in [1.82, 2.24) is 0 Å². The first-order valence-corrected chi connectivity index (χ1v) is 5.76. The highest BCUT2D eigenvalue weighted by Crippen LogP contribution is 2.22. The topological polar surface area (TPSA) is 72.5 Å². The number of hydrogen-bond acceptors (Lipinski definition) is 3. The number of carbonyl (C=O) groups is 1. The van der Waals surface area contributed by atoms with Gasteiger partial charge in [0.05, 0.1) is 6.61 Å². The van der Waals surface area contributed by atoms with Gasteiger partial charge in [-0.2, -0.15) is 0 Å². The number of nitrogen functional groups attached to an aromatic ring is 1. The molecule has 0 bridgehead atoms. The molecule has 0 amide bonds.